The van der Waals surface area contributed by atoms with E-state index in [-0.39, 0.29) is 11.3 Å². The Hall–Kier alpha value is -3.86. The summed E-state index contributed by atoms with van der Waals surface area (Å²) in [5.41, 5.74) is 1.63. The molecular weight excluding hydrogens is 485 g/mol. The Labute approximate surface area is 213 Å². The lowest BCUT2D eigenvalue weighted by molar-refractivity contribution is -0.141. The summed E-state index contributed by atoms with van der Waals surface area (Å²) in [7, 11) is 4.62. The third-order valence-electron chi connectivity index (χ3n) is 5.75. The van der Waals surface area contributed by atoms with Gasteiger partial charge in [0.05, 0.1) is 42.7 Å². The standard InChI is InChI=1S/C26H29F3N6O2/c1-16(2)30-8-9-35(18-10-19(36-4)13-20(11-18)37-5)17-6-7-22-23(12-17)32-24(14-31-22)21-15-34(3)33-25(21)26(27,28)29/h6-7,10-16,30H,8-9H2,1-5H3. The number of fused-ring (bicyclic) bond motifs is 1. The van der Waals surface area contributed by atoms with Crippen molar-refractivity contribution in [3.63, 3.8) is 0 Å². The summed E-state index contributed by atoms with van der Waals surface area (Å²) in [6, 6.07) is 11.4. The molecule has 0 aliphatic rings. The van der Waals surface area contributed by atoms with Crippen molar-refractivity contribution in [1.82, 2.24) is 25.1 Å². The minimum absolute atomic E-state index is 0.0983. The van der Waals surface area contributed by atoms with Gasteiger partial charge in [0, 0.05) is 61.9 Å². The van der Waals surface area contributed by atoms with E-state index in [1.54, 1.807) is 26.4 Å². The Bertz CT molecular complexity index is 1360. The average molecular weight is 515 g/mol. The molecule has 0 aliphatic heterocycles. The van der Waals surface area contributed by atoms with Crippen molar-refractivity contribution in [2.24, 2.45) is 7.05 Å². The van der Waals surface area contributed by atoms with Crippen LogP contribution >= 0.6 is 0 Å². The summed E-state index contributed by atoms with van der Waals surface area (Å²) >= 11 is 0. The molecule has 11 heteroatoms. The number of halogens is 3. The highest BCUT2D eigenvalue weighted by Gasteiger charge is 2.37. The molecule has 196 valence electrons. The number of aryl methyl sites for hydroxylation is 1. The van der Waals surface area contributed by atoms with E-state index in [9.17, 15) is 13.2 Å². The fourth-order valence-electron chi connectivity index (χ4n) is 4.00. The molecular formula is C26H29F3N6O2. The Morgan fingerprint density at radius 3 is 2.32 bits per heavy atom. The lowest BCUT2D eigenvalue weighted by atomic mass is 10.1. The van der Waals surface area contributed by atoms with Crippen molar-refractivity contribution < 1.29 is 22.6 Å². The number of rotatable bonds is 9. The van der Waals surface area contributed by atoms with Crippen LogP contribution in [0.1, 0.15) is 19.5 Å². The topological polar surface area (TPSA) is 77.3 Å². The predicted molar refractivity (Wildman–Crippen MR) is 136 cm³/mol. The normalized spacial score (nSPS) is 11.8. The molecule has 0 unspecified atom stereocenters. The molecule has 0 radical (unpaired) electrons. The minimum Gasteiger partial charge on any atom is -0.497 e. The number of aromatic nitrogens is 4. The number of hydrogen-bond acceptors (Lipinski definition) is 7. The van der Waals surface area contributed by atoms with Gasteiger partial charge in [0.25, 0.3) is 0 Å². The van der Waals surface area contributed by atoms with E-state index in [2.05, 4.69) is 39.1 Å². The van der Waals surface area contributed by atoms with Crippen LogP contribution in [0.25, 0.3) is 22.3 Å². The fraction of sp³-hybridized carbons (Fsp3) is 0.346. The summed E-state index contributed by atoms with van der Waals surface area (Å²) in [4.78, 5) is 11.0. The zero-order valence-electron chi connectivity index (χ0n) is 21.3. The Kier molecular flexibility index (Phi) is 7.53. The highest BCUT2D eigenvalue weighted by Crippen LogP contribution is 2.37. The first-order valence-corrected chi connectivity index (χ1v) is 11.7. The third kappa shape index (κ3) is 5.93. The first kappa shape index (κ1) is 26.2. The number of hydrogen-bond donors (Lipinski definition) is 1. The van der Waals surface area contributed by atoms with Crippen LogP contribution in [-0.2, 0) is 13.2 Å². The number of nitrogens with zero attached hydrogens (tertiary/aromatic N) is 5. The minimum atomic E-state index is -4.61. The molecule has 2 aromatic heterocycles. The maximum absolute atomic E-state index is 13.6. The van der Waals surface area contributed by atoms with Crippen LogP contribution in [0.4, 0.5) is 24.5 Å². The summed E-state index contributed by atoms with van der Waals surface area (Å²) in [6.45, 7) is 5.43. The van der Waals surface area contributed by atoms with Crippen molar-refractivity contribution in [1.29, 1.82) is 0 Å². The number of ether oxygens (including phenoxy) is 2. The van der Waals surface area contributed by atoms with E-state index in [1.165, 1.54) is 19.4 Å². The summed E-state index contributed by atoms with van der Waals surface area (Å²) in [5, 5.41) is 7.00. The van der Waals surface area contributed by atoms with Gasteiger partial charge < -0.3 is 19.7 Å². The second kappa shape index (κ2) is 10.6. The van der Waals surface area contributed by atoms with Crippen molar-refractivity contribution in [2.45, 2.75) is 26.1 Å². The van der Waals surface area contributed by atoms with Gasteiger partial charge in [0.2, 0.25) is 0 Å². The van der Waals surface area contributed by atoms with E-state index in [0.29, 0.717) is 41.7 Å². The number of alkyl halides is 3. The molecule has 0 amide bonds. The van der Waals surface area contributed by atoms with Crippen molar-refractivity contribution in [2.75, 3.05) is 32.2 Å². The van der Waals surface area contributed by atoms with Gasteiger partial charge in [-0.25, -0.2) is 4.98 Å². The molecule has 2 heterocycles. The molecule has 4 rings (SSSR count). The monoisotopic (exact) mass is 514 g/mol. The second-order valence-electron chi connectivity index (χ2n) is 8.82. The van der Waals surface area contributed by atoms with Crippen molar-refractivity contribution in [3.8, 4) is 22.8 Å². The Morgan fingerprint density at radius 1 is 1.00 bits per heavy atom. The van der Waals surface area contributed by atoms with E-state index >= 15 is 0 Å². The molecule has 1 N–H and O–H groups in total. The van der Waals surface area contributed by atoms with E-state index in [0.717, 1.165) is 16.1 Å². The van der Waals surface area contributed by atoms with Gasteiger partial charge in [0.1, 0.15) is 11.5 Å². The van der Waals surface area contributed by atoms with Crippen LogP contribution in [0.2, 0.25) is 0 Å². The smallest absolute Gasteiger partial charge is 0.435 e. The van der Waals surface area contributed by atoms with Gasteiger partial charge in [-0.05, 0) is 18.2 Å². The van der Waals surface area contributed by atoms with Crippen molar-refractivity contribution in [3.05, 3.63) is 54.5 Å². The van der Waals surface area contributed by atoms with Crippen molar-refractivity contribution >= 4 is 22.4 Å². The molecule has 37 heavy (non-hydrogen) atoms. The molecule has 0 saturated carbocycles. The maximum Gasteiger partial charge on any atom is 0.435 e. The quantitative estimate of drug-likeness (QED) is 0.329. The first-order chi connectivity index (χ1) is 17.6. The van der Waals surface area contributed by atoms with Gasteiger partial charge >= 0.3 is 6.18 Å². The predicted octanol–water partition coefficient (Wildman–Crippen LogP) is 5.20. The van der Waals surface area contributed by atoms with Crippen LogP contribution in [0.5, 0.6) is 11.5 Å². The number of benzene rings is 2. The van der Waals surface area contributed by atoms with E-state index in [4.69, 9.17) is 9.47 Å². The zero-order chi connectivity index (χ0) is 26.7. The number of anilines is 2. The largest absolute Gasteiger partial charge is 0.497 e. The molecule has 8 nitrogen and oxygen atoms in total. The lowest BCUT2D eigenvalue weighted by Gasteiger charge is -2.27. The van der Waals surface area contributed by atoms with Crippen LogP contribution in [0, 0.1) is 0 Å². The van der Waals surface area contributed by atoms with Crippen LogP contribution in [-0.4, -0.2) is 53.1 Å². The van der Waals surface area contributed by atoms with E-state index < -0.39 is 11.9 Å². The second-order valence-corrected chi connectivity index (χ2v) is 8.82. The molecule has 0 spiro atoms. The summed E-state index contributed by atoms with van der Waals surface area (Å²) in [6.07, 6.45) is -1.97. The molecule has 0 aliphatic carbocycles. The average Bonchev–Trinajstić information content (AvgIpc) is 3.28. The third-order valence-corrected chi connectivity index (χ3v) is 5.75. The van der Waals surface area contributed by atoms with Gasteiger partial charge in [0.15, 0.2) is 5.69 Å². The highest BCUT2D eigenvalue weighted by molar-refractivity contribution is 5.83. The SMILES string of the molecule is COc1cc(OC)cc(N(CCNC(C)C)c2ccc3ncc(-c4cn(C)nc4C(F)(F)F)nc3c2)c1. The fourth-order valence-corrected chi connectivity index (χ4v) is 4.00. The molecule has 2 aromatic carbocycles. The van der Waals surface area contributed by atoms with Gasteiger partial charge in [-0.3, -0.25) is 9.67 Å². The van der Waals surface area contributed by atoms with Crippen LogP contribution in [0.15, 0.2) is 48.8 Å². The highest BCUT2D eigenvalue weighted by atomic mass is 19.4. The number of methoxy groups -OCH3 is 2. The van der Waals surface area contributed by atoms with E-state index in [1.807, 2.05) is 24.3 Å². The summed E-state index contributed by atoms with van der Waals surface area (Å²) in [5.74, 6) is 1.27. The molecule has 4 aromatic rings. The molecule has 0 atom stereocenters. The number of nitrogens with one attached hydrogen (secondary N) is 1. The Balaban J connectivity index is 1.80. The van der Waals surface area contributed by atoms with Crippen LogP contribution < -0.4 is 19.7 Å². The van der Waals surface area contributed by atoms with Crippen LogP contribution in [0.3, 0.4) is 0 Å². The van der Waals surface area contributed by atoms with Gasteiger partial charge in [-0.2, -0.15) is 18.3 Å². The maximum atomic E-state index is 13.6. The molecule has 0 fully saturated rings. The molecule has 0 saturated heterocycles. The lowest BCUT2D eigenvalue weighted by Crippen LogP contribution is -2.32. The van der Waals surface area contributed by atoms with Gasteiger partial charge in [-0.15, -0.1) is 0 Å². The zero-order valence-corrected chi connectivity index (χ0v) is 21.3. The molecule has 0 bridgehead atoms. The first-order valence-electron chi connectivity index (χ1n) is 11.7. The van der Waals surface area contributed by atoms with Gasteiger partial charge in [-0.1, -0.05) is 13.8 Å². The summed E-state index contributed by atoms with van der Waals surface area (Å²) < 4.78 is 52.7. The Morgan fingerprint density at radius 2 is 1.70 bits per heavy atom.